The predicted octanol–water partition coefficient (Wildman–Crippen LogP) is 3.03. The second-order valence-electron chi connectivity index (χ2n) is 5.68. The molecule has 3 rings (SSSR count). The number of nitriles is 1. The maximum absolute atomic E-state index is 12.3. The summed E-state index contributed by atoms with van der Waals surface area (Å²) in [6.45, 7) is 0.166. The molecule has 1 aliphatic rings. The molecule has 0 aromatic heterocycles. The van der Waals surface area contributed by atoms with Crippen LogP contribution in [0.2, 0.25) is 0 Å². The minimum Gasteiger partial charge on any atom is -0.454 e. The van der Waals surface area contributed by atoms with E-state index in [1.54, 1.807) is 24.3 Å². The van der Waals surface area contributed by atoms with Crippen LogP contribution in [-0.4, -0.2) is 26.8 Å². The van der Waals surface area contributed by atoms with Crippen LogP contribution >= 0.6 is 0 Å². The maximum Gasteiger partial charge on any atom is 0.266 e. The highest BCUT2D eigenvalue weighted by Gasteiger charge is 2.15. The van der Waals surface area contributed by atoms with Crippen LogP contribution in [0.4, 0.5) is 11.4 Å². The number of fused-ring (bicyclic) bond motifs is 1. The summed E-state index contributed by atoms with van der Waals surface area (Å²) in [4.78, 5) is 14.3. The van der Waals surface area contributed by atoms with Crippen LogP contribution in [0.25, 0.3) is 6.08 Å². The van der Waals surface area contributed by atoms with Crippen LogP contribution in [0.15, 0.2) is 48.0 Å². The number of amides is 1. The van der Waals surface area contributed by atoms with Gasteiger partial charge in [0.25, 0.3) is 5.91 Å². The van der Waals surface area contributed by atoms with Crippen LogP contribution in [0.5, 0.6) is 11.5 Å². The molecule has 1 amide bonds. The van der Waals surface area contributed by atoms with Gasteiger partial charge in [-0.1, -0.05) is 12.1 Å². The molecular weight excluding hydrogens is 318 g/mol. The minimum atomic E-state index is -0.474. The number of carbonyl (C=O) groups is 1. The van der Waals surface area contributed by atoms with Gasteiger partial charge in [-0.2, -0.15) is 5.26 Å². The van der Waals surface area contributed by atoms with E-state index in [2.05, 4.69) is 5.32 Å². The van der Waals surface area contributed by atoms with Crippen molar-refractivity contribution in [3.05, 3.63) is 53.6 Å². The Balaban J connectivity index is 1.76. The van der Waals surface area contributed by atoms with Gasteiger partial charge in [-0.3, -0.25) is 4.79 Å². The topological polar surface area (TPSA) is 74.6 Å². The third-order valence-electron chi connectivity index (χ3n) is 3.72. The largest absolute Gasteiger partial charge is 0.454 e. The number of hydrogen-bond donors (Lipinski definition) is 1. The van der Waals surface area contributed by atoms with E-state index in [9.17, 15) is 10.1 Å². The number of nitrogens with zero attached hydrogens (tertiary/aromatic N) is 2. The quantitative estimate of drug-likeness (QED) is 0.687. The van der Waals surface area contributed by atoms with Crippen LogP contribution in [0.3, 0.4) is 0 Å². The zero-order valence-electron chi connectivity index (χ0n) is 13.9. The van der Waals surface area contributed by atoms with E-state index in [0.717, 1.165) is 11.3 Å². The zero-order chi connectivity index (χ0) is 17.8. The molecule has 25 heavy (non-hydrogen) atoms. The SMILES string of the molecule is CN(C)c1ccc(/C=C(\C#N)C(=O)Nc2ccc3c(c2)OCO3)cc1. The molecular formula is C19H17N3O3. The first kappa shape index (κ1) is 16.4. The Labute approximate surface area is 145 Å². The fourth-order valence-corrected chi connectivity index (χ4v) is 2.36. The molecule has 0 atom stereocenters. The maximum atomic E-state index is 12.3. The Morgan fingerprint density at radius 2 is 1.88 bits per heavy atom. The summed E-state index contributed by atoms with van der Waals surface area (Å²) in [5.41, 5.74) is 2.39. The molecule has 1 heterocycles. The normalized spacial score (nSPS) is 12.4. The number of hydrogen-bond acceptors (Lipinski definition) is 5. The van der Waals surface area contributed by atoms with Crippen molar-refractivity contribution < 1.29 is 14.3 Å². The molecule has 1 aliphatic heterocycles. The summed E-state index contributed by atoms with van der Waals surface area (Å²) in [5, 5.41) is 12.0. The average Bonchev–Trinajstić information content (AvgIpc) is 3.07. The summed E-state index contributed by atoms with van der Waals surface area (Å²) < 4.78 is 10.5. The van der Waals surface area contributed by atoms with Crippen molar-refractivity contribution in [2.75, 3.05) is 31.1 Å². The number of nitrogens with one attached hydrogen (secondary N) is 1. The first-order chi connectivity index (χ1) is 12.1. The van der Waals surface area contributed by atoms with Gasteiger partial charge in [0, 0.05) is 31.5 Å². The number of rotatable bonds is 4. The fourth-order valence-electron chi connectivity index (χ4n) is 2.36. The van der Waals surface area contributed by atoms with Crippen molar-refractivity contribution in [3.63, 3.8) is 0 Å². The molecule has 6 nitrogen and oxygen atoms in total. The highest BCUT2D eigenvalue weighted by atomic mass is 16.7. The molecule has 126 valence electrons. The third-order valence-corrected chi connectivity index (χ3v) is 3.72. The van der Waals surface area contributed by atoms with E-state index in [0.29, 0.717) is 17.2 Å². The van der Waals surface area contributed by atoms with Gasteiger partial charge in [0.1, 0.15) is 11.6 Å². The van der Waals surface area contributed by atoms with Crippen molar-refractivity contribution in [1.82, 2.24) is 0 Å². The molecule has 0 aliphatic carbocycles. The van der Waals surface area contributed by atoms with E-state index in [1.165, 1.54) is 0 Å². The monoisotopic (exact) mass is 335 g/mol. The van der Waals surface area contributed by atoms with E-state index >= 15 is 0 Å². The molecule has 0 fully saturated rings. The van der Waals surface area contributed by atoms with Crippen LogP contribution in [-0.2, 0) is 4.79 Å². The summed E-state index contributed by atoms with van der Waals surface area (Å²) in [5.74, 6) is 0.729. The minimum absolute atomic E-state index is 0.0234. The van der Waals surface area contributed by atoms with Gasteiger partial charge >= 0.3 is 0 Å². The van der Waals surface area contributed by atoms with E-state index < -0.39 is 5.91 Å². The summed E-state index contributed by atoms with van der Waals surface area (Å²) >= 11 is 0. The van der Waals surface area contributed by atoms with Gasteiger partial charge in [-0.05, 0) is 35.9 Å². The van der Waals surface area contributed by atoms with Gasteiger partial charge in [0.05, 0.1) is 0 Å². The molecule has 0 unspecified atom stereocenters. The van der Waals surface area contributed by atoms with Gasteiger partial charge < -0.3 is 19.7 Å². The van der Waals surface area contributed by atoms with Crippen LogP contribution in [0.1, 0.15) is 5.56 Å². The summed E-state index contributed by atoms with van der Waals surface area (Å²) in [7, 11) is 3.90. The average molecular weight is 335 g/mol. The Morgan fingerprint density at radius 3 is 2.56 bits per heavy atom. The van der Waals surface area contributed by atoms with Gasteiger partial charge in [-0.15, -0.1) is 0 Å². The van der Waals surface area contributed by atoms with E-state index in [4.69, 9.17) is 9.47 Å². The van der Waals surface area contributed by atoms with Gasteiger partial charge in [0.15, 0.2) is 11.5 Å². The number of anilines is 2. The lowest BCUT2D eigenvalue weighted by Crippen LogP contribution is -2.13. The molecule has 2 aromatic rings. The number of ether oxygens (including phenoxy) is 2. The highest BCUT2D eigenvalue weighted by molar-refractivity contribution is 6.09. The molecule has 0 spiro atoms. The predicted molar refractivity (Wildman–Crippen MR) is 95.6 cm³/mol. The number of benzene rings is 2. The zero-order valence-corrected chi connectivity index (χ0v) is 13.9. The summed E-state index contributed by atoms with van der Waals surface area (Å²) in [6, 6.07) is 14.6. The van der Waals surface area contributed by atoms with Crippen molar-refractivity contribution in [1.29, 1.82) is 5.26 Å². The second kappa shape index (κ2) is 6.97. The molecule has 0 saturated carbocycles. The van der Waals surface area contributed by atoms with Crippen LogP contribution < -0.4 is 19.7 Å². The number of carbonyl (C=O) groups excluding carboxylic acids is 1. The molecule has 0 radical (unpaired) electrons. The van der Waals surface area contributed by atoms with E-state index in [-0.39, 0.29) is 12.4 Å². The van der Waals surface area contributed by atoms with Crippen molar-refractivity contribution in [2.45, 2.75) is 0 Å². The first-order valence-corrected chi connectivity index (χ1v) is 7.67. The highest BCUT2D eigenvalue weighted by Crippen LogP contribution is 2.34. The summed E-state index contributed by atoms with van der Waals surface area (Å²) in [6.07, 6.45) is 1.56. The Bertz CT molecular complexity index is 864. The third kappa shape index (κ3) is 3.72. The molecule has 0 bridgehead atoms. The lowest BCUT2D eigenvalue weighted by Gasteiger charge is -2.12. The lowest BCUT2D eigenvalue weighted by molar-refractivity contribution is -0.112. The first-order valence-electron chi connectivity index (χ1n) is 7.67. The Hall–Kier alpha value is -3.46. The standard InChI is InChI=1S/C19H17N3O3/c1-22(2)16-6-3-13(4-7-16)9-14(11-20)19(23)21-15-5-8-17-18(10-15)25-12-24-17/h3-10H,12H2,1-2H3,(H,21,23)/b14-9+. The molecule has 6 heteroatoms. The fraction of sp³-hybridized carbons (Fsp3) is 0.158. The van der Waals surface area contributed by atoms with Gasteiger partial charge in [0.2, 0.25) is 6.79 Å². The van der Waals surface area contributed by atoms with Gasteiger partial charge in [-0.25, -0.2) is 0 Å². The van der Waals surface area contributed by atoms with Crippen molar-refractivity contribution in [2.24, 2.45) is 0 Å². The smallest absolute Gasteiger partial charge is 0.266 e. The van der Waals surface area contributed by atoms with Crippen LogP contribution in [0, 0.1) is 11.3 Å². The van der Waals surface area contributed by atoms with E-state index in [1.807, 2.05) is 49.3 Å². The molecule has 0 saturated heterocycles. The van der Waals surface area contributed by atoms with Crippen molar-refractivity contribution in [3.8, 4) is 17.6 Å². The second-order valence-corrected chi connectivity index (χ2v) is 5.68. The lowest BCUT2D eigenvalue weighted by atomic mass is 10.1. The Morgan fingerprint density at radius 1 is 1.16 bits per heavy atom. The molecule has 1 N–H and O–H groups in total. The molecule has 2 aromatic carbocycles. The van der Waals surface area contributed by atoms with Crippen molar-refractivity contribution >= 4 is 23.4 Å². The Kier molecular flexibility index (Phi) is 4.57.